The molecule has 5 aromatic rings. The lowest BCUT2D eigenvalue weighted by molar-refractivity contribution is 0.0975. The largest absolute Gasteiger partial charge is 0.497 e. The SMILES string of the molecule is COc1ccc(-c2nc3cc(NC(=S)NC(=O)c4cc5ccccc5cc4OC)ccc3o2)cc1. The number of nitrogens with zero attached hydrogens (tertiary/aromatic N) is 1. The summed E-state index contributed by atoms with van der Waals surface area (Å²) in [5, 5.41) is 7.82. The molecule has 0 radical (unpaired) electrons. The fourth-order valence-electron chi connectivity index (χ4n) is 3.76. The van der Waals surface area contributed by atoms with Crippen molar-refractivity contribution in [1.29, 1.82) is 0 Å². The summed E-state index contributed by atoms with van der Waals surface area (Å²) in [7, 11) is 3.15. The van der Waals surface area contributed by atoms with Crippen LogP contribution in [0.4, 0.5) is 5.69 Å². The van der Waals surface area contributed by atoms with E-state index in [1.54, 1.807) is 31.4 Å². The zero-order chi connectivity index (χ0) is 24.4. The molecule has 0 saturated carbocycles. The van der Waals surface area contributed by atoms with Gasteiger partial charge >= 0.3 is 0 Å². The number of methoxy groups -OCH3 is 2. The van der Waals surface area contributed by atoms with E-state index in [2.05, 4.69) is 15.6 Å². The number of carbonyl (C=O) groups is 1. The van der Waals surface area contributed by atoms with Crippen LogP contribution in [-0.4, -0.2) is 30.2 Å². The van der Waals surface area contributed by atoms with Gasteiger partial charge in [-0.3, -0.25) is 10.1 Å². The van der Waals surface area contributed by atoms with Gasteiger partial charge in [-0.15, -0.1) is 0 Å². The third-order valence-electron chi connectivity index (χ3n) is 5.52. The first-order chi connectivity index (χ1) is 17.0. The minimum Gasteiger partial charge on any atom is -0.497 e. The van der Waals surface area contributed by atoms with Crippen molar-refractivity contribution in [2.24, 2.45) is 0 Å². The number of hydrogen-bond donors (Lipinski definition) is 2. The van der Waals surface area contributed by atoms with Crippen molar-refractivity contribution >= 4 is 50.8 Å². The van der Waals surface area contributed by atoms with E-state index < -0.39 is 0 Å². The van der Waals surface area contributed by atoms with Crippen molar-refractivity contribution in [3.8, 4) is 23.0 Å². The third kappa shape index (κ3) is 4.64. The molecule has 35 heavy (non-hydrogen) atoms. The second kappa shape index (κ2) is 9.44. The molecule has 0 bridgehead atoms. The quantitative estimate of drug-likeness (QED) is 0.306. The second-order valence-corrected chi connectivity index (χ2v) is 8.15. The zero-order valence-corrected chi connectivity index (χ0v) is 19.8. The maximum Gasteiger partial charge on any atom is 0.261 e. The first-order valence-corrected chi connectivity index (χ1v) is 11.2. The van der Waals surface area contributed by atoms with Crippen molar-refractivity contribution in [2.75, 3.05) is 19.5 Å². The van der Waals surface area contributed by atoms with E-state index >= 15 is 0 Å². The number of ether oxygens (including phenoxy) is 2. The summed E-state index contributed by atoms with van der Waals surface area (Å²) in [5.74, 6) is 1.36. The smallest absolute Gasteiger partial charge is 0.261 e. The summed E-state index contributed by atoms with van der Waals surface area (Å²) in [6.07, 6.45) is 0. The number of thiocarbonyl (C=S) groups is 1. The van der Waals surface area contributed by atoms with Crippen LogP contribution in [0.5, 0.6) is 11.5 Å². The van der Waals surface area contributed by atoms with Gasteiger partial charge in [-0.25, -0.2) is 4.98 Å². The summed E-state index contributed by atoms with van der Waals surface area (Å²) >= 11 is 5.38. The molecule has 1 aromatic heterocycles. The number of hydrogen-bond acceptors (Lipinski definition) is 6. The van der Waals surface area contributed by atoms with Crippen LogP contribution >= 0.6 is 12.2 Å². The van der Waals surface area contributed by atoms with Crippen LogP contribution in [0.25, 0.3) is 33.3 Å². The summed E-state index contributed by atoms with van der Waals surface area (Å²) in [6, 6.07) is 24.3. The molecule has 0 spiro atoms. The van der Waals surface area contributed by atoms with Crippen molar-refractivity contribution in [1.82, 2.24) is 10.3 Å². The van der Waals surface area contributed by atoms with Crippen molar-refractivity contribution in [2.45, 2.75) is 0 Å². The van der Waals surface area contributed by atoms with Gasteiger partial charge in [0, 0.05) is 11.3 Å². The topological polar surface area (TPSA) is 85.6 Å². The summed E-state index contributed by atoms with van der Waals surface area (Å²) in [6.45, 7) is 0. The normalized spacial score (nSPS) is 10.8. The molecular formula is C27H21N3O4S. The number of anilines is 1. The molecule has 8 heteroatoms. The lowest BCUT2D eigenvalue weighted by Crippen LogP contribution is -2.34. The number of fused-ring (bicyclic) bond motifs is 2. The van der Waals surface area contributed by atoms with Crippen molar-refractivity contribution < 1.29 is 18.7 Å². The Kier molecular flexibility index (Phi) is 6.03. The number of benzene rings is 4. The number of aromatic nitrogens is 1. The summed E-state index contributed by atoms with van der Waals surface area (Å²) in [5.41, 5.74) is 3.20. The van der Waals surface area contributed by atoms with E-state index in [9.17, 15) is 4.79 Å². The van der Waals surface area contributed by atoms with E-state index in [1.165, 1.54) is 7.11 Å². The van der Waals surface area contributed by atoms with Gasteiger partial charge < -0.3 is 19.2 Å². The number of oxazole rings is 1. The van der Waals surface area contributed by atoms with Crippen LogP contribution < -0.4 is 20.1 Å². The third-order valence-corrected chi connectivity index (χ3v) is 5.73. The molecule has 0 fully saturated rings. The molecular weight excluding hydrogens is 462 g/mol. The lowest BCUT2D eigenvalue weighted by Gasteiger charge is -2.12. The number of amides is 1. The molecule has 7 nitrogen and oxygen atoms in total. The lowest BCUT2D eigenvalue weighted by atomic mass is 10.1. The van der Waals surface area contributed by atoms with Crippen LogP contribution in [0.15, 0.2) is 83.3 Å². The number of rotatable bonds is 5. The van der Waals surface area contributed by atoms with Crippen LogP contribution in [0.1, 0.15) is 10.4 Å². The molecule has 174 valence electrons. The molecule has 0 aliphatic rings. The van der Waals surface area contributed by atoms with Gasteiger partial charge in [0.15, 0.2) is 10.7 Å². The average molecular weight is 484 g/mol. The maximum atomic E-state index is 12.9. The average Bonchev–Trinajstić information content (AvgIpc) is 3.31. The zero-order valence-electron chi connectivity index (χ0n) is 19.0. The first-order valence-electron chi connectivity index (χ1n) is 10.8. The molecule has 0 atom stereocenters. The Hall–Kier alpha value is -4.43. The highest BCUT2D eigenvalue weighted by atomic mass is 32.1. The standard InChI is InChI=1S/C27H21N3O4S/c1-32-20-10-7-16(8-11-20)26-29-22-15-19(9-12-23(22)34-26)28-27(35)30-25(31)21-13-17-5-3-4-6-18(17)14-24(21)33-2/h3-15H,1-2H3,(H2,28,30,31,35). The molecule has 5 rings (SSSR count). The first kappa shape index (κ1) is 22.4. The Morgan fingerprint density at radius 1 is 0.914 bits per heavy atom. The molecule has 0 unspecified atom stereocenters. The number of nitrogens with one attached hydrogen (secondary N) is 2. The summed E-state index contributed by atoms with van der Waals surface area (Å²) < 4.78 is 16.5. The Morgan fingerprint density at radius 2 is 1.66 bits per heavy atom. The van der Waals surface area contributed by atoms with E-state index in [0.717, 1.165) is 22.1 Å². The fraction of sp³-hybridized carbons (Fsp3) is 0.0741. The predicted octanol–water partition coefficient (Wildman–Crippen LogP) is 5.79. The van der Waals surface area contributed by atoms with Gasteiger partial charge in [-0.1, -0.05) is 24.3 Å². The maximum absolute atomic E-state index is 12.9. The van der Waals surface area contributed by atoms with Gasteiger partial charge in [0.25, 0.3) is 5.91 Å². The second-order valence-electron chi connectivity index (χ2n) is 7.74. The Labute approximate surface area is 206 Å². The monoisotopic (exact) mass is 483 g/mol. The van der Waals surface area contributed by atoms with Crippen molar-refractivity contribution in [3.05, 3.63) is 84.4 Å². The van der Waals surface area contributed by atoms with Crippen molar-refractivity contribution in [3.63, 3.8) is 0 Å². The molecule has 0 aliphatic carbocycles. The van der Waals surface area contributed by atoms with Gasteiger partial charge in [-0.05, 0) is 77.6 Å². The minimum atomic E-state index is -0.366. The van der Waals surface area contributed by atoms with Crippen LogP contribution in [-0.2, 0) is 0 Å². The highest BCUT2D eigenvalue weighted by Gasteiger charge is 2.16. The van der Waals surface area contributed by atoms with Gasteiger partial charge in [0.2, 0.25) is 5.89 Å². The Morgan fingerprint density at radius 3 is 2.37 bits per heavy atom. The van der Waals surface area contributed by atoms with Crippen LogP contribution in [0, 0.1) is 0 Å². The van der Waals surface area contributed by atoms with Crippen LogP contribution in [0.3, 0.4) is 0 Å². The molecule has 4 aromatic carbocycles. The molecule has 1 heterocycles. The molecule has 0 aliphatic heterocycles. The van der Waals surface area contributed by atoms with E-state index in [4.69, 9.17) is 26.1 Å². The highest BCUT2D eigenvalue weighted by molar-refractivity contribution is 7.80. The number of carbonyl (C=O) groups excluding carboxylic acids is 1. The molecule has 2 N–H and O–H groups in total. The van der Waals surface area contributed by atoms with E-state index in [0.29, 0.717) is 34.0 Å². The van der Waals surface area contributed by atoms with Gasteiger partial charge in [-0.2, -0.15) is 0 Å². The fourth-order valence-corrected chi connectivity index (χ4v) is 3.97. The summed E-state index contributed by atoms with van der Waals surface area (Å²) in [4.78, 5) is 17.5. The minimum absolute atomic E-state index is 0.156. The molecule has 1 amide bonds. The Bertz CT molecular complexity index is 1560. The predicted molar refractivity (Wildman–Crippen MR) is 140 cm³/mol. The molecule has 0 saturated heterocycles. The van der Waals surface area contributed by atoms with Gasteiger partial charge in [0.1, 0.15) is 17.0 Å². The van der Waals surface area contributed by atoms with Crippen LogP contribution in [0.2, 0.25) is 0 Å². The van der Waals surface area contributed by atoms with Gasteiger partial charge in [0.05, 0.1) is 19.8 Å². The Balaban J connectivity index is 1.32. The van der Waals surface area contributed by atoms with E-state index in [1.807, 2.05) is 54.6 Å². The highest BCUT2D eigenvalue weighted by Crippen LogP contribution is 2.28. The van der Waals surface area contributed by atoms with E-state index in [-0.39, 0.29) is 11.0 Å².